The first-order chi connectivity index (χ1) is 3.64. The van der Waals surface area contributed by atoms with E-state index in [1.165, 1.54) is 0 Å². The summed E-state index contributed by atoms with van der Waals surface area (Å²) in [6.45, 7) is 3.95. The molecule has 1 fully saturated rings. The van der Waals surface area contributed by atoms with Crippen molar-refractivity contribution in [3.05, 3.63) is 0 Å². The lowest BCUT2D eigenvalue weighted by atomic mass is 10.3. The highest BCUT2D eigenvalue weighted by atomic mass is 16.4. The molecule has 2 nitrogen and oxygen atoms in total. The van der Waals surface area contributed by atoms with E-state index in [0.717, 1.165) is 0 Å². The molecule has 0 aromatic rings. The van der Waals surface area contributed by atoms with Crippen molar-refractivity contribution in [1.29, 1.82) is 0 Å². The molecular formula is C6H10O2. The van der Waals surface area contributed by atoms with Crippen LogP contribution in [-0.2, 0) is 4.79 Å². The lowest BCUT2D eigenvalue weighted by Crippen LogP contribution is -1.98. The van der Waals surface area contributed by atoms with Crippen LogP contribution in [0, 0.1) is 17.8 Å². The second-order valence-electron chi connectivity index (χ2n) is 2.58. The molecule has 1 saturated carbocycles. The van der Waals surface area contributed by atoms with Crippen LogP contribution in [0.1, 0.15) is 13.8 Å². The Hall–Kier alpha value is -0.530. The maximum Gasteiger partial charge on any atom is 0.307 e. The van der Waals surface area contributed by atoms with Crippen molar-refractivity contribution in [2.45, 2.75) is 13.8 Å². The first-order valence-electron chi connectivity index (χ1n) is 2.87. The highest BCUT2D eigenvalue weighted by Gasteiger charge is 2.48. The van der Waals surface area contributed by atoms with Gasteiger partial charge >= 0.3 is 5.97 Å². The zero-order valence-electron chi connectivity index (χ0n) is 5.09. The van der Waals surface area contributed by atoms with E-state index in [-0.39, 0.29) is 5.92 Å². The highest BCUT2D eigenvalue weighted by molar-refractivity contribution is 5.73. The van der Waals surface area contributed by atoms with Crippen molar-refractivity contribution in [3.8, 4) is 0 Å². The lowest BCUT2D eigenvalue weighted by Gasteiger charge is -1.81. The van der Waals surface area contributed by atoms with Crippen LogP contribution < -0.4 is 0 Å². The number of carboxylic acids is 1. The molecule has 0 radical (unpaired) electrons. The van der Waals surface area contributed by atoms with Gasteiger partial charge in [0.15, 0.2) is 0 Å². The van der Waals surface area contributed by atoms with Gasteiger partial charge in [0, 0.05) is 0 Å². The Morgan fingerprint density at radius 3 is 1.75 bits per heavy atom. The minimum Gasteiger partial charge on any atom is -0.481 e. The molecule has 0 unspecified atom stereocenters. The summed E-state index contributed by atoms with van der Waals surface area (Å²) in [5, 5.41) is 8.39. The normalized spacial score (nSPS) is 44.0. The molecule has 46 valence electrons. The van der Waals surface area contributed by atoms with E-state index < -0.39 is 5.97 Å². The second-order valence-corrected chi connectivity index (χ2v) is 2.58. The van der Waals surface area contributed by atoms with Crippen molar-refractivity contribution in [1.82, 2.24) is 0 Å². The van der Waals surface area contributed by atoms with Gasteiger partial charge in [0.25, 0.3) is 0 Å². The maximum absolute atomic E-state index is 10.2. The smallest absolute Gasteiger partial charge is 0.307 e. The molecule has 0 amide bonds. The summed E-state index contributed by atoms with van der Waals surface area (Å²) in [4.78, 5) is 10.2. The average Bonchev–Trinajstić information content (AvgIpc) is 2.15. The van der Waals surface area contributed by atoms with E-state index in [2.05, 4.69) is 0 Å². The third-order valence-corrected chi connectivity index (χ3v) is 2.11. The summed E-state index contributed by atoms with van der Waals surface area (Å²) in [5.41, 5.74) is 0. The van der Waals surface area contributed by atoms with Gasteiger partial charge in [-0.3, -0.25) is 4.79 Å². The summed E-state index contributed by atoms with van der Waals surface area (Å²) >= 11 is 0. The van der Waals surface area contributed by atoms with Crippen molar-refractivity contribution in [2.75, 3.05) is 0 Å². The van der Waals surface area contributed by atoms with Gasteiger partial charge in [-0.05, 0) is 11.8 Å². The minimum absolute atomic E-state index is 0.0463. The molecule has 0 aromatic carbocycles. The number of carboxylic acid groups (broad SMARTS) is 1. The van der Waals surface area contributed by atoms with Crippen LogP contribution >= 0.6 is 0 Å². The van der Waals surface area contributed by atoms with Gasteiger partial charge in [-0.1, -0.05) is 13.8 Å². The molecule has 1 rings (SSSR count). The van der Waals surface area contributed by atoms with E-state index in [9.17, 15) is 4.79 Å². The quantitative estimate of drug-likeness (QED) is 0.551. The molecule has 2 heteroatoms. The van der Waals surface area contributed by atoms with Crippen molar-refractivity contribution >= 4 is 5.97 Å². The monoisotopic (exact) mass is 114 g/mol. The number of hydrogen-bond acceptors (Lipinski definition) is 1. The lowest BCUT2D eigenvalue weighted by molar-refractivity contribution is -0.139. The Bertz CT molecular complexity index is 112. The van der Waals surface area contributed by atoms with Crippen LogP contribution in [0.4, 0.5) is 0 Å². The third kappa shape index (κ3) is 0.602. The number of carbonyl (C=O) groups is 1. The van der Waals surface area contributed by atoms with Crippen molar-refractivity contribution < 1.29 is 9.90 Å². The van der Waals surface area contributed by atoms with E-state index in [0.29, 0.717) is 11.8 Å². The average molecular weight is 114 g/mol. The molecule has 0 bridgehead atoms. The zero-order valence-corrected chi connectivity index (χ0v) is 5.09. The summed E-state index contributed by atoms with van der Waals surface area (Å²) in [5.74, 6) is 0.139. The molecule has 1 aliphatic carbocycles. The molecule has 0 aliphatic heterocycles. The molecule has 0 spiro atoms. The van der Waals surface area contributed by atoms with Gasteiger partial charge in [-0.2, -0.15) is 0 Å². The topological polar surface area (TPSA) is 37.3 Å². The number of rotatable bonds is 1. The fourth-order valence-corrected chi connectivity index (χ4v) is 1.11. The van der Waals surface area contributed by atoms with E-state index in [4.69, 9.17) is 5.11 Å². The fraction of sp³-hybridized carbons (Fsp3) is 0.833. The van der Waals surface area contributed by atoms with Crippen molar-refractivity contribution in [2.24, 2.45) is 17.8 Å². The SMILES string of the molecule is C[C@@H]1[C@H](C)[C@H]1C(=O)O. The van der Waals surface area contributed by atoms with Gasteiger partial charge in [-0.15, -0.1) is 0 Å². The molecule has 1 N–H and O–H groups in total. The minimum atomic E-state index is -0.634. The second kappa shape index (κ2) is 1.47. The Labute approximate surface area is 48.5 Å². The molecule has 0 saturated heterocycles. The van der Waals surface area contributed by atoms with Gasteiger partial charge in [0.1, 0.15) is 0 Å². The van der Waals surface area contributed by atoms with Gasteiger partial charge in [0.2, 0.25) is 0 Å². The molecule has 0 aromatic heterocycles. The Balaban J connectivity index is 2.44. The Morgan fingerprint density at radius 1 is 1.38 bits per heavy atom. The first kappa shape index (κ1) is 5.60. The largest absolute Gasteiger partial charge is 0.481 e. The van der Waals surface area contributed by atoms with Crippen LogP contribution in [-0.4, -0.2) is 11.1 Å². The molecular weight excluding hydrogens is 104 g/mol. The van der Waals surface area contributed by atoms with Gasteiger partial charge in [-0.25, -0.2) is 0 Å². The van der Waals surface area contributed by atoms with Gasteiger partial charge in [0.05, 0.1) is 5.92 Å². The zero-order chi connectivity index (χ0) is 6.31. The maximum atomic E-state index is 10.2. The predicted octanol–water partition coefficient (Wildman–Crippen LogP) is 0.973. The standard InChI is InChI=1S/C6H10O2/c1-3-4(2)5(3)6(7)8/h3-5H,1-2H3,(H,7,8)/t3-,4+,5+. The number of hydrogen-bond donors (Lipinski definition) is 1. The van der Waals surface area contributed by atoms with E-state index in [1.54, 1.807) is 0 Å². The molecule has 0 heterocycles. The highest BCUT2D eigenvalue weighted by Crippen LogP contribution is 2.45. The van der Waals surface area contributed by atoms with E-state index >= 15 is 0 Å². The molecule has 3 atom stereocenters. The van der Waals surface area contributed by atoms with Crippen molar-refractivity contribution in [3.63, 3.8) is 0 Å². The Kier molecular flexibility index (Phi) is 1.03. The molecule has 8 heavy (non-hydrogen) atoms. The number of aliphatic carboxylic acids is 1. The Morgan fingerprint density at radius 2 is 1.75 bits per heavy atom. The van der Waals surface area contributed by atoms with Crippen LogP contribution in [0.25, 0.3) is 0 Å². The van der Waals surface area contributed by atoms with E-state index in [1.807, 2.05) is 13.8 Å². The van der Waals surface area contributed by atoms with Gasteiger partial charge < -0.3 is 5.11 Å². The van der Waals surface area contributed by atoms with Crippen LogP contribution in [0.2, 0.25) is 0 Å². The fourth-order valence-electron chi connectivity index (χ4n) is 1.11. The summed E-state index contributed by atoms with van der Waals surface area (Å²) < 4.78 is 0. The summed E-state index contributed by atoms with van der Waals surface area (Å²) in [6.07, 6.45) is 0. The third-order valence-electron chi connectivity index (χ3n) is 2.11. The molecule has 1 aliphatic rings. The van der Waals surface area contributed by atoms with Crippen LogP contribution in [0.3, 0.4) is 0 Å². The van der Waals surface area contributed by atoms with Crippen LogP contribution in [0.15, 0.2) is 0 Å². The van der Waals surface area contributed by atoms with Crippen LogP contribution in [0.5, 0.6) is 0 Å². The summed E-state index contributed by atoms with van der Waals surface area (Å²) in [6, 6.07) is 0. The predicted molar refractivity (Wildman–Crippen MR) is 29.5 cm³/mol. The first-order valence-corrected chi connectivity index (χ1v) is 2.87. The summed E-state index contributed by atoms with van der Waals surface area (Å²) in [7, 11) is 0.